The molecule has 0 saturated heterocycles. The quantitative estimate of drug-likeness (QED) is 0.656. The lowest BCUT2D eigenvalue weighted by molar-refractivity contribution is -0.136. The zero-order valence-corrected chi connectivity index (χ0v) is 13.0. The topological polar surface area (TPSA) is 35.5 Å². The monoisotopic (exact) mass is 304 g/mol. The highest BCUT2D eigenvalue weighted by molar-refractivity contribution is 7.84. The van der Waals surface area contributed by atoms with E-state index in [-0.39, 0.29) is 6.29 Å². The lowest BCUT2D eigenvalue weighted by Crippen LogP contribution is -2.20. The summed E-state index contributed by atoms with van der Waals surface area (Å²) in [5.74, 6) is 1.03. The van der Waals surface area contributed by atoms with Gasteiger partial charge in [0.2, 0.25) is 0 Å². The molecular weight excluding hydrogens is 284 g/mol. The van der Waals surface area contributed by atoms with Gasteiger partial charge in [-0.05, 0) is 25.5 Å². The summed E-state index contributed by atoms with van der Waals surface area (Å²) in [7, 11) is -0.953. The Morgan fingerprint density at radius 2 is 1.84 bits per heavy atom. The van der Waals surface area contributed by atoms with Gasteiger partial charge in [0.15, 0.2) is 6.29 Å². The maximum absolute atomic E-state index is 12.0. The van der Waals surface area contributed by atoms with E-state index in [0.717, 1.165) is 5.56 Å². The molecule has 0 saturated carbocycles. The standard InChI is InChI=1S/C14H21ClO3S/c1-3-17-14(18-4-2)9-10-19(16)11-12-7-5-6-8-13(12)15/h5-8,14H,3-4,9-11H2,1-2H3. The number of hydrogen-bond acceptors (Lipinski definition) is 3. The van der Waals surface area contributed by atoms with Crippen LogP contribution in [0.15, 0.2) is 24.3 Å². The minimum Gasteiger partial charge on any atom is -0.353 e. The zero-order chi connectivity index (χ0) is 14.1. The smallest absolute Gasteiger partial charge is 0.158 e. The normalized spacial score (nSPS) is 12.8. The van der Waals surface area contributed by atoms with Crippen LogP contribution in [0.4, 0.5) is 0 Å². The van der Waals surface area contributed by atoms with E-state index in [0.29, 0.717) is 36.2 Å². The van der Waals surface area contributed by atoms with Crippen molar-refractivity contribution in [3.05, 3.63) is 34.9 Å². The van der Waals surface area contributed by atoms with Crippen LogP contribution in [0.3, 0.4) is 0 Å². The van der Waals surface area contributed by atoms with Gasteiger partial charge in [-0.25, -0.2) is 0 Å². The van der Waals surface area contributed by atoms with E-state index in [2.05, 4.69) is 0 Å². The summed E-state index contributed by atoms with van der Waals surface area (Å²) in [6.45, 7) is 5.04. The minimum atomic E-state index is -0.953. The molecule has 3 nitrogen and oxygen atoms in total. The molecule has 0 N–H and O–H groups in total. The predicted octanol–water partition coefficient (Wildman–Crippen LogP) is 3.38. The molecule has 0 aromatic heterocycles. The molecule has 0 aliphatic heterocycles. The molecule has 0 aliphatic carbocycles. The van der Waals surface area contributed by atoms with Gasteiger partial charge in [-0.2, -0.15) is 0 Å². The minimum absolute atomic E-state index is 0.259. The van der Waals surface area contributed by atoms with Gasteiger partial charge in [-0.1, -0.05) is 29.8 Å². The third kappa shape index (κ3) is 6.52. The fraction of sp³-hybridized carbons (Fsp3) is 0.571. The second kappa shape index (κ2) is 9.48. The summed E-state index contributed by atoms with van der Waals surface area (Å²) in [6.07, 6.45) is 0.379. The van der Waals surface area contributed by atoms with Gasteiger partial charge in [0, 0.05) is 47.0 Å². The van der Waals surface area contributed by atoms with E-state index in [1.807, 2.05) is 38.1 Å². The van der Waals surface area contributed by atoms with Gasteiger partial charge in [0.25, 0.3) is 0 Å². The van der Waals surface area contributed by atoms with Gasteiger partial charge in [0.05, 0.1) is 0 Å². The van der Waals surface area contributed by atoms with E-state index < -0.39 is 10.8 Å². The third-order valence-corrected chi connectivity index (χ3v) is 4.25. The molecule has 1 aromatic rings. The van der Waals surface area contributed by atoms with Gasteiger partial charge < -0.3 is 9.47 Å². The average Bonchev–Trinajstić information content (AvgIpc) is 2.39. The molecule has 1 atom stereocenters. The molecule has 1 rings (SSSR count). The molecule has 108 valence electrons. The highest BCUT2D eigenvalue weighted by Gasteiger charge is 2.11. The Morgan fingerprint density at radius 3 is 2.42 bits per heavy atom. The highest BCUT2D eigenvalue weighted by Crippen LogP contribution is 2.17. The van der Waals surface area contributed by atoms with E-state index >= 15 is 0 Å². The van der Waals surface area contributed by atoms with Crippen molar-refractivity contribution in [2.24, 2.45) is 0 Å². The van der Waals surface area contributed by atoms with Crippen LogP contribution in [-0.4, -0.2) is 29.5 Å². The first-order chi connectivity index (χ1) is 9.17. The van der Waals surface area contributed by atoms with Crippen LogP contribution in [0.1, 0.15) is 25.8 Å². The van der Waals surface area contributed by atoms with Crippen molar-refractivity contribution in [3.8, 4) is 0 Å². The van der Waals surface area contributed by atoms with Crippen molar-refractivity contribution in [2.75, 3.05) is 19.0 Å². The Kier molecular flexibility index (Phi) is 8.30. The first-order valence-electron chi connectivity index (χ1n) is 6.49. The van der Waals surface area contributed by atoms with Crippen LogP contribution >= 0.6 is 11.6 Å². The Balaban J connectivity index is 2.40. The molecule has 0 spiro atoms. The van der Waals surface area contributed by atoms with E-state index in [4.69, 9.17) is 21.1 Å². The number of ether oxygens (including phenoxy) is 2. The highest BCUT2D eigenvalue weighted by atomic mass is 35.5. The van der Waals surface area contributed by atoms with E-state index in [9.17, 15) is 4.21 Å². The molecule has 19 heavy (non-hydrogen) atoms. The molecule has 0 fully saturated rings. The maximum atomic E-state index is 12.0. The molecule has 1 unspecified atom stereocenters. The zero-order valence-electron chi connectivity index (χ0n) is 11.4. The van der Waals surface area contributed by atoms with E-state index in [1.165, 1.54) is 0 Å². The number of hydrogen-bond donors (Lipinski definition) is 0. The van der Waals surface area contributed by atoms with Gasteiger partial charge in [0.1, 0.15) is 0 Å². The fourth-order valence-electron chi connectivity index (χ4n) is 1.68. The lowest BCUT2D eigenvalue weighted by atomic mass is 10.2. The summed E-state index contributed by atoms with van der Waals surface area (Å²) in [5, 5.41) is 0.669. The number of halogens is 1. The van der Waals surface area contributed by atoms with Crippen LogP contribution in [-0.2, 0) is 26.0 Å². The second-order valence-corrected chi connectivity index (χ2v) is 5.99. The number of benzene rings is 1. The van der Waals surface area contributed by atoms with Crippen molar-refractivity contribution < 1.29 is 13.7 Å². The predicted molar refractivity (Wildman–Crippen MR) is 79.8 cm³/mol. The maximum Gasteiger partial charge on any atom is 0.158 e. The first-order valence-corrected chi connectivity index (χ1v) is 8.35. The molecular formula is C14H21ClO3S. The van der Waals surface area contributed by atoms with Crippen LogP contribution in [0.5, 0.6) is 0 Å². The summed E-state index contributed by atoms with van der Waals surface area (Å²) in [6, 6.07) is 7.50. The summed E-state index contributed by atoms with van der Waals surface area (Å²) in [4.78, 5) is 0. The van der Waals surface area contributed by atoms with E-state index in [1.54, 1.807) is 0 Å². The Hall–Kier alpha value is -0.420. The van der Waals surface area contributed by atoms with Crippen LogP contribution in [0.2, 0.25) is 5.02 Å². The van der Waals surface area contributed by atoms with Crippen molar-refractivity contribution in [2.45, 2.75) is 32.3 Å². The largest absolute Gasteiger partial charge is 0.353 e. The average molecular weight is 305 g/mol. The lowest BCUT2D eigenvalue weighted by Gasteiger charge is -2.16. The van der Waals surface area contributed by atoms with Gasteiger partial charge >= 0.3 is 0 Å². The Morgan fingerprint density at radius 1 is 1.21 bits per heavy atom. The van der Waals surface area contributed by atoms with Crippen molar-refractivity contribution >= 4 is 22.4 Å². The Bertz CT molecular complexity index is 392. The molecule has 1 aromatic carbocycles. The summed E-state index contributed by atoms with van der Waals surface area (Å²) in [5.41, 5.74) is 0.923. The van der Waals surface area contributed by atoms with Crippen LogP contribution < -0.4 is 0 Å². The molecule has 5 heteroatoms. The first kappa shape index (κ1) is 16.6. The number of rotatable bonds is 9. The SMILES string of the molecule is CCOC(CCS(=O)Cc1ccccc1Cl)OCC. The molecule has 0 radical (unpaired) electrons. The van der Waals surface area contributed by atoms with Gasteiger partial charge in [-0.15, -0.1) is 0 Å². The van der Waals surface area contributed by atoms with Crippen molar-refractivity contribution in [1.82, 2.24) is 0 Å². The molecule has 0 bridgehead atoms. The van der Waals surface area contributed by atoms with Gasteiger partial charge in [-0.3, -0.25) is 4.21 Å². The molecule has 0 aliphatic rings. The van der Waals surface area contributed by atoms with Crippen LogP contribution in [0, 0.1) is 0 Å². The second-order valence-electron chi connectivity index (χ2n) is 4.01. The van der Waals surface area contributed by atoms with Crippen molar-refractivity contribution in [1.29, 1.82) is 0 Å². The Labute approximate surface area is 122 Å². The molecule has 0 heterocycles. The summed E-state index contributed by atoms with van der Waals surface area (Å²) < 4.78 is 22.9. The van der Waals surface area contributed by atoms with Crippen LogP contribution in [0.25, 0.3) is 0 Å². The third-order valence-electron chi connectivity index (χ3n) is 2.56. The molecule has 0 amide bonds. The fourth-order valence-corrected chi connectivity index (χ4v) is 3.16. The summed E-state index contributed by atoms with van der Waals surface area (Å²) >= 11 is 6.05. The van der Waals surface area contributed by atoms with Crippen molar-refractivity contribution in [3.63, 3.8) is 0 Å².